The summed E-state index contributed by atoms with van der Waals surface area (Å²) in [7, 11) is 0. The molecule has 2 atom stereocenters. The zero-order valence-electron chi connectivity index (χ0n) is 10.3. The van der Waals surface area contributed by atoms with Gasteiger partial charge in [-0.1, -0.05) is 0 Å². The van der Waals surface area contributed by atoms with Crippen LogP contribution in [-0.2, 0) is 4.74 Å². The molecule has 2 bridgehead atoms. The molecule has 4 rings (SSSR count). The van der Waals surface area contributed by atoms with Crippen molar-refractivity contribution in [3.63, 3.8) is 0 Å². The first kappa shape index (κ1) is 11.5. The number of fused-ring (bicyclic) bond motifs is 3. The lowest BCUT2D eigenvalue weighted by Gasteiger charge is -2.50. The van der Waals surface area contributed by atoms with Crippen LogP contribution in [0.4, 0.5) is 0 Å². The maximum atomic E-state index is 5.77. The zero-order valence-corrected chi connectivity index (χ0v) is 10.3. The largest absolute Gasteiger partial charge is 0.501 e. The van der Waals surface area contributed by atoms with Crippen molar-refractivity contribution in [2.24, 2.45) is 5.84 Å². The van der Waals surface area contributed by atoms with Crippen molar-refractivity contribution in [1.29, 1.82) is 0 Å². The number of nitrogens with two attached hydrogens (primary N) is 1. The van der Waals surface area contributed by atoms with Crippen molar-refractivity contribution in [1.82, 2.24) is 15.2 Å². The van der Waals surface area contributed by atoms with Gasteiger partial charge in [0.15, 0.2) is 0 Å². The van der Waals surface area contributed by atoms with Crippen LogP contribution >= 0.6 is 0 Å². The Morgan fingerprint density at radius 3 is 2.71 bits per heavy atom. The molecule has 0 spiro atoms. The molecule has 2 unspecified atom stereocenters. The summed E-state index contributed by atoms with van der Waals surface area (Å²) in [5.74, 6) is 5.77. The fourth-order valence-corrected chi connectivity index (χ4v) is 3.25. The number of piperazine rings is 3. The van der Waals surface area contributed by atoms with Crippen LogP contribution in [0.5, 0.6) is 0 Å². The maximum absolute atomic E-state index is 5.77. The molecule has 96 valence electrons. The average Bonchev–Trinajstić information content (AvgIpc) is 2.42. The van der Waals surface area contributed by atoms with Crippen molar-refractivity contribution in [2.75, 3.05) is 39.3 Å². The van der Waals surface area contributed by atoms with Gasteiger partial charge in [-0.25, -0.2) is 0 Å². The average molecular weight is 238 g/mol. The van der Waals surface area contributed by atoms with Gasteiger partial charge in [-0.2, -0.15) is 0 Å². The molecule has 0 aromatic rings. The lowest BCUT2D eigenvalue weighted by atomic mass is 9.92. The monoisotopic (exact) mass is 238 g/mol. The lowest BCUT2D eigenvalue weighted by Crippen LogP contribution is -2.67. The van der Waals surface area contributed by atoms with E-state index in [0.717, 1.165) is 26.0 Å². The molecule has 0 aromatic heterocycles. The number of hydrogen-bond acceptors (Lipinski definition) is 5. The van der Waals surface area contributed by atoms with E-state index >= 15 is 0 Å². The lowest BCUT2D eigenvalue weighted by molar-refractivity contribution is 0.000581. The van der Waals surface area contributed by atoms with Gasteiger partial charge in [0.05, 0.1) is 18.9 Å². The van der Waals surface area contributed by atoms with E-state index in [1.807, 2.05) is 6.26 Å². The Hall–Kier alpha value is -0.620. The van der Waals surface area contributed by atoms with Crippen molar-refractivity contribution in [3.8, 4) is 0 Å². The van der Waals surface area contributed by atoms with E-state index in [0.29, 0.717) is 6.04 Å². The molecule has 5 heteroatoms. The molecule has 4 heterocycles. The molecule has 3 fully saturated rings. The third-order valence-electron chi connectivity index (χ3n) is 4.25. The highest BCUT2D eigenvalue weighted by atomic mass is 16.5. The van der Waals surface area contributed by atoms with Gasteiger partial charge in [-0.05, 0) is 18.4 Å². The first-order valence-electron chi connectivity index (χ1n) is 6.61. The summed E-state index contributed by atoms with van der Waals surface area (Å²) >= 11 is 0. The fraction of sp³-hybridized carbons (Fsp3) is 0.833. The summed E-state index contributed by atoms with van der Waals surface area (Å²) in [6.45, 7) is 6.76. The smallest absolute Gasteiger partial charge is 0.0876 e. The molecule has 0 aromatic carbocycles. The Morgan fingerprint density at radius 1 is 1.35 bits per heavy atom. The van der Waals surface area contributed by atoms with Crippen LogP contribution in [0, 0.1) is 0 Å². The first-order chi connectivity index (χ1) is 8.38. The van der Waals surface area contributed by atoms with E-state index in [1.165, 1.54) is 31.8 Å². The Balaban J connectivity index is 1.74. The SMILES string of the molecule is NNC(C1=COCCC1)C1CN2CCN1CC2. The molecule has 4 aliphatic heterocycles. The second kappa shape index (κ2) is 4.94. The quantitative estimate of drug-likeness (QED) is 0.513. The summed E-state index contributed by atoms with van der Waals surface area (Å²) in [5.41, 5.74) is 4.34. The van der Waals surface area contributed by atoms with Crippen molar-refractivity contribution < 1.29 is 4.74 Å². The Kier molecular flexibility index (Phi) is 3.33. The van der Waals surface area contributed by atoms with Gasteiger partial charge >= 0.3 is 0 Å². The third kappa shape index (κ3) is 2.20. The minimum atomic E-state index is 0.249. The number of nitrogens with zero attached hydrogens (tertiary/aromatic N) is 2. The van der Waals surface area contributed by atoms with Crippen molar-refractivity contribution in [2.45, 2.75) is 24.9 Å². The minimum Gasteiger partial charge on any atom is -0.501 e. The van der Waals surface area contributed by atoms with Gasteiger partial charge in [0, 0.05) is 38.8 Å². The third-order valence-corrected chi connectivity index (χ3v) is 4.25. The second-order valence-corrected chi connectivity index (χ2v) is 5.22. The van der Waals surface area contributed by atoms with Gasteiger partial charge in [0.1, 0.15) is 0 Å². The highest BCUT2D eigenvalue weighted by Crippen LogP contribution is 2.25. The number of hydrogen-bond donors (Lipinski definition) is 2. The normalized spacial score (nSPS) is 38.4. The van der Waals surface area contributed by atoms with E-state index in [2.05, 4.69) is 15.2 Å². The topological polar surface area (TPSA) is 53.8 Å². The van der Waals surface area contributed by atoms with Crippen molar-refractivity contribution in [3.05, 3.63) is 11.8 Å². The van der Waals surface area contributed by atoms with Crippen LogP contribution in [0.2, 0.25) is 0 Å². The summed E-state index contributed by atoms with van der Waals surface area (Å²) in [6.07, 6.45) is 4.15. The van der Waals surface area contributed by atoms with Gasteiger partial charge in [0.25, 0.3) is 0 Å². The Labute approximate surface area is 103 Å². The molecule has 3 N–H and O–H groups in total. The van der Waals surface area contributed by atoms with E-state index in [4.69, 9.17) is 10.6 Å². The molecule has 4 aliphatic rings. The van der Waals surface area contributed by atoms with Crippen LogP contribution < -0.4 is 11.3 Å². The van der Waals surface area contributed by atoms with Crippen LogP contribution in [0.25, 0.3) is 0 Å². The highest BCUT2D eigenvalue weighted by Gasteiger charge is 2.38. The molecule has 0 aliphatic carbocycles. The second-order valence-electron chi connectivity index (χ2n) is 5.22. The Morgan fingerprint density at radius 2 is 2.18 bits per heavy atom. The van der Waals surface area contributed by atoms with Gasteiger partial charge in [-0.15, -0.1) is 0 Å². The zero-order chi connectivity index (χ0) is 11.7. The summed E-state index contributed by atoms with van der Waals surface area (Å²) in [6, 6.07) is 0.758. The van der Waals surface area contributed by atoms with Crippen LogP contribution in [-0.4, -0.2) is 61.2 Å². The van der Waals surface area contributed by atoms with Crippen LogP contribution in [0.15, 0.2) is 11.8 Å². The molecule has 17 heavy (non-hydrogen) atoms. The van der Waals surface area contributed by atoms with Crippen molar-refractivity contribution >= 4 is 0 Å². The summed E-state index contributed by atoms with van der Waals surface area (Å²) in [4.78, 5) is 5.11. The predicted octanol–water partition coefficient (Wildman–Crippen LogP) is -0.488. The predicted molar refractivity (Wildman–Crippen MR) is 66.2 cm³/mol. The minimum absolute atomic E-state index is 0.249. The fourth-order valence-electron chi connectivity index (χ4n) is 3.25. The van der Waals surface area contributed by atoms with Gasteiger partial charge in [-0.3, -0.25) is 21.1 Å². The number of ether oxygens (including phenoxy) is 1. The molecule has 0 saturated carbocycles. The Bertz CT molecular complexity index is 299. The number of nitrogens with one attached hydrogen (secondary N) is 1. The summed E-state index contributed by atoms with van der Waals surface area (Å²) < 4.78 is 5.45. The molecule has 3 saturated heterocycles. The number of rotatable bonds is 3. The van der Waals surface area contributed by atoms with E-state index in [-0.39, 0.29) is 6.04 Å². The molecule has 0 amide bonds. The highest BCUT2D eigenvalue weighted by molar-refractivity contribution is 5.15. The summed E-state index contributed by atoms with van der Waals surface area (Å²) in [5, 5.41) is 0. The molecule has 0 radical (unpaired) electrons. The van der Waals surface area contributed by atoms with E-state index in [1.54, 1.807) is 0 Å². The molecule has 5 nitrogen and oxygen atoms in total. The van der Waals surface area contributed by atoms with Crippen LogP contribution in [0.1, 0.15) is 12.8 Å². The standard InChI is InChI=1S/C12H22N4O/c13-14-12(10-2-1-7-17-9-10)11-8-15-3-5-16(11)6-4-15/h9,11-12,14H,1-8,13H2. The molecular formula is C12H22N4O. The van der Waals surface area contributed by atoms with E-state index < -0.39 is 0 Å². The van der Waals surface area contributed by atoms with E-state index in [9.17, 15) is 0 Å². The van der Waals surface area contributed by atoms with Gasteiger partial charge < -0.3 is 4.74 Å². The molecular weight excluding hydrogens is 216 g/mol. The maximum Gasteiger partial charge on any atom is 0.0876 e. The van der Waals surface area contributed by atoms with Crippen LogP contribution in [0.3, 0.4) is 0 Å². The first-order valence-corrected chi connectivity index (χ1v) is 6.61. The van der Waals surface area contributed by atoms with Gasteiger partial charge in [0.2, 0.25) is 0 Å². The number of hydrazine groups is 1.